The minimum Gasteiger partial charge on any atom is -0.392 e. The van der Waals surface area contributed by atoms with E-state index >= 15 is 0 Å². The first-order valence-electron chi connectivity index (χ1n) is 6.21. The lowest BCUT2D eigenvalue weighted by atomic mass is 10.1. The molecule has 0 atom stereocenters. The SMILES string of the molecule is CC(=Cc1sc(N2CCCCC2)nc1C)CO. The minimum atomic E-state index is 0.121. The van der Waals surface area contributed by atoms with Crippen molar-refractivity contribution in [3.63, 3.8) is 0 Å². The zero-order valence-electron chi connectivity index (χ0n) is 10.6. The summed E-state index contributed by atoms with van der Waals surface area (Å²) >= 11 is 1.74. The number of anilines is 1. The standard InChI is InChI=1S/C13H20N2OS/c1-10(9-16)8-12-11(2)14-13(17-12)15-6-4-3-5-7-15/h8,16H,3-7,9H2,1-2H3. The molecule has 2 heterocycles. The molecule has 0 amide bonds. The van der Waals surface area contributed by atoms with Crippen LogP contribution in [0.4, 0.5) is 5.13 Å². The van der Waals surface area contributed by atoms with Gasteiger partial charge >= 0.3 is 0 Å². The van der Waals surface area contributed by atoms with Crippen LogP contribution >= 0.6 is 11.3 Å². The molecule has 0 spiro atoms. The van der Waals surface area contributed by atoms with Crippen LogP contribution in [-0.4, -0.2) is 29.8 Å². The predicted octanol–water partition coefficient (Wildman–Crippen LogP) is 2.84. The molecule has 94 valence electrons. The summed E-state index contributed by atoms with van der Waals surface area (Å²) in [7, 11) is 0. The molecule has 17 heavy (non-hydrogen) atoms. The fourth-order valence-corrected chi connectivity index (χ4v) is 3.16. The molecule has 0 radical (unpaired) electrons. The maximum atomic E-state index is 9.05. The smallest absolute Gasteiger partial charge is 0.186 e. The fourth-order valence-electron chi connectivity index (χ4n) is 2.02. The third kappa shape index (κ3) is 3.07. The number of piperidine rings is 1. The summed E-state index contributed by atoms with van der Waals surface area (Å²) in [6.45, 7) is 6.38. The van der Waals surface area contributed by atoms with Crippen molar-refractivity contribution in [1.82, 2.24) is 4.98 Å². The minimum absolute atomic E-state index is 0.121. The number of hydrogen-bond donors (Lipinski definition) is 1. The van der Waals surface area contributed by atoms with Crippen molar-refractivity contribution in [1.29, 1.82) is 0 Å². The summed E-state index contributed by atoms with van der Waals surface area (Å²) in [4.78, 5) is 8.20. The molecule has 1 N–H and O–H groups in total. The van der Waals surface area contributed by atoms with Crippen LogP contribution in [0, 0.1) is 6.92 Å². The molecular weight excluding hydrogens is 232 g/mol. The highest BCUT2D eigenvalue weighted by Crippen LogP contribution is 2.29. The maximum absolute atomic E-state index is 9.05. The van der Waals surface area contributed by atoms with Gasteiger partial charge in [0.15, 0.2) is 5.13 Å². The molecule has 1 saturated heterocycles. The Balaban J connectivity index is 2.17. The summed E-state index contributed by atoms with van der Waals surface area (Å²) in [6, 6.07) is 0. The number of rotatable bonds is 3. The zero-order valence-corrected chi connectivity index (χ0v) is 11.4. The Kier molecular flexibility index (Phi) is 4.18. The van der Waals surface area contributed by atoms with Crippen LogP contribution in [0.15, 0.2) is 5.57 Å². The summed E-state index contributed by atoms with van der Waals surface area (Å²) in [6.07, 6.45) is 5.94. The number of aliphatic hydroxyl groups excluding tert-OH is 1. The van der Waals surface area contributed by atoms with Gasteiger partial charge in [-0.2, -0.15) is 0 Å². The van der Waals surface area contributed by atoms with Crippen LogP contribution in [0.25, 0.3) is 6.08 Å². The molecule has 4 heteroatoms. The van der Waals surface area contributed by atoms with E-state index in [0.717, 1.165) is 29.5 Å². The van der Waals surface area contributed by atoms with Gasteiger partial charge in [0.1, 0.15) is 0 Å². The van der Waals surface area contributed by atoms with Gasteiger partial charge < -0.3 is 10.0 Å². The van der Waals surface area contributed by atoms with Crippen LogP contribution in [-0.2, 0) is 0 Å². The van der Waals surface area contributed by atoms with E-state index < -0.39 is 0 Å². The first-order valence-corrected chi connectivity index (χ1v) is 7.03. The van der Waals surface area contributed by atoms with Crippen molar-refractivity contribution >= 4 is 22.5 Å². The highest BCUT2D eigenvalue weighted by Gasteiger charge is 2.15. The van der Waals surface area contributed by atoms with Crippen molar-refractivity contribution < 1.29 is 5.11 Å². The van der Waals surface area contributed by atoms with E-state index in [2.05, 4.69) is 9.88 Å². The summed E-state index contributed by atoms with van der Waals surface area (Å²) in [5, 5.41) is 10.2. The number of thiazole rings is 1. The topological polar surface area (TPSA) is 36.4 Å². The van der Waals surface area contributed by atoms with Crippen molar-refractivity contribution in [3.8, 4) is 0 Å². The Hall–Kier alpha value is -0.870. The van der Waals surface area contributed by atoms with Crippen molar-refractivity contribution in [2.45, 2.75) is 33.1 Å². The Morgan fingerprint density at radius 3 is 2.76 bits per heavy atom. The maximum Gasteiger partial charge on any atom is 0.186 e. The van der Waals surface area contributed by atoms with E-state index in [-0.39, 0.29) is 6.61 Å². The predicted molar refractivity (Wildman–Crippen MR) is 73.7 cm³/mol. The third-order valence-corrected chi connectivity index (χ3v) is 4.24. The molecule has 3 nitrogen and oxygen atoms in total. The van der Waals surface area contributed by atoms with E-state index in [4.69, 9.17) is 5.11 Å². The van der Waals surface area contributed by atoms with E-state index in [0.29, 0.717) is 0 Å². The average Bonchev–Trinajstić information content (AvgIpc) is 2.72. The van der Waals surface area contributed by atoms with E-state index in [1.54, 1.807) is 11.3 Å². The molecule has 2 rings (SSSR count). The second kappa shape index (κ2) is 5.65. The third-order valence-electron chi connectivity index (χ3n) is 3.07. The van der Waals surface area contributed by atoms with Gasteiger partial charge in [0, 0.05) is 13.1 Å². The molecule has 0 aliphatic carbocycles. The number of nitrogens with zero attached hydrogens (tertiary/aromatic N) is 2. The van der Waals surface area contributed by atoms with Gasteiger partial charge in [0.25, 0.3) is 0 Å². The number of aromatic nitrogens is 1. The van der Waals surface area contributed by atoms with Gasteiger partial charge in [0.05, 0.1) is 17.2 Å². The first kappa shape index (κ1) is 12.6. The van der Waals surface area contributed by atoms with Crippen LogP contribution in [0.3, 0.4) is 0 Å². The van der Waals surface area contributed by atoms with Crippen molar-refractivity contribution in [2.75, 3.05) is 24.6 Å². The number of aliphatic hydroxyl groups is 1. The molecule has 1 aromatic rings. The van der Waals surface area contributed by atoms with Gasteiger partial charge in [-0.25, -0.2) is 4.98 Å². The van der Waals surface area contributed by atoms with Gasteiger partial charge in [-0.15, -0.1) is 0 Å². The Morgan fingerprint density at radius 2 is 2.12 bits per heavy atom. The summed E-state index contributed by atoms with van der Waals surface area (Å²) < 4.78 is 0. The average molecular weight is 252 g/mol. The van der Waals surface area contributed by atoms with E-state index in [1.807, 2.05) is 19.9 Å². The van der Waals surface area contributed by atoms with Crippen molar-refractivity contribution in [2.24, 2.45) is 0 Å². The summed E-state index contributed by atoms with van der Waals surface area (Å²) in [5.41, 5.74) is 2.06. The Bertz CT molecular complexity index is 406. The highest BCUT2D eigenvalue weighted by atomic mass is 32.1. The zero-order chi connectivity index (χ0) is 12.3. The summed E-state index contributed by atoms with van der Waals surface area (Å²) in [5.74, 6) is 0. The Morgan fingerprint density at radius 1 is 1.41 bits per heavy atom. The normalized spacial score (nSPS) is 17.6. The van der Waals surface area contributed by atoms with Gasteiger partial charge in [0.2, 0.25) is 0 Å². The lowest BCUT2D eigenvalue weighted by Crippen LogP contribution is -2.29. The van der Waals surface area contributed by atoms with Gasteiger partial charge in [-0.3, -0.25) is 0 Å². The van der Waals surface area contributed by atoms with Gasteiger partial charge in [-0.1, -0.05) is 11.3 Å². The fraction of sp³-hybridized carbons (Fsp3) is 0.615. The molecule has 0 bridgehead atoms. The second-order valence-corrected chi connectivity index (χ2v) is 5.65. The molecule has 1 fully saturated rings. The lowest BCUT2D eigenvalue weighted by molar-refractivity contribution is 0.332. The van der Waals surface area contributed by atoms with Crippen LogP contribution in [0.1, 0.15) is 36.8 Å². The molecular formula is C13H20N2OS. The van der Waals surface area contributed by atoms with Gasteiger partial charge in [-0.05, 0) is 44.8 Å². The van der Waals surface area contributed by atoms with Crippen LogP contribution < -0.4 is 4.90 Å². The largest absolute Gasteiger partial charge is 0.392 e. The second-order valence-electron chi connectivity index (χ2n) is 4.64. The number of hydrogen-bond acceptors (Lipinski definition) is 4. The quantitative estimate of drug-likeness (QED) is 0.898. The first-order chi connectivity index (χ1) is 8.20. The Labute approximate surface area is 107 Å². The lowest BCUT2D eigenvalue weighted by Gasteiger charge is -2.25. The molecule has 0 saturated carbocycles. The van der Waals surface area contributed by atoms with Crippen LogP contribution in [0.2, 0.25) is 0 Å². The molecule has 1 aliphatic heterocycles. The van der Waals surface area contributed by atoms with Crippen LogP contribution in [0.5, 0.6) is 0 Å². The van der Waals surface area contributed by atoms with E-state index in [1.165, 1.54) is 24.1 Å². The molecule has 1 aromatic heterocycles. The van der Waals surface area contributed by atoms with E-state index in [9.17, 15) is 0 Å². The highest BCUT2D eigenvalue weighted by molar-refractivity contribution is 7.16. The molecule has 1 aliphatic rings. The molecule has 0 unspecified atom stereocenters. The number of aryl methyl sites for hydroxylation is 1. The molecule has 0 aromatic carbocycles. The van der Waals surface area contributed by atoms with Crippen molar-refractivity contribution in [3.05, 3.63) is 16.1 Å². The monoisotopic (exact) mass is 252 g/mol.